The van der Waals surface area contributed by atoms with Crippen molar-refractivity contribution in [2.24, 2.45) is 23.3 Å². The Morgan fingerprint density at radius 1 is 0.758 bits per heavy atom. The van der Waals surface area contributed by atoms with Gasteiger partial charge in [-0.1, -0.05) is 13.8 Å². The van der Waals surface area contributed by atoms with Crippen LogP contribution in [-0.2, 0) is 18.9 Å². The Kier molecular flexibility index (Phi) is 9.05. The molecule has 194 valence electrons. The van der Waals surface area contributed by atoms with E-state index in [4.69, 9.17) is 30.4 Å². The highest BCUT2D eigenvalue weighted by Crippen LogP contribution is 2.35. The summed E-state index contributed by atoms with van der Waals surface area (Å²) in [6.07, 6.45) is -14.5. The van der Waals surface area contributed by atoms with Gasteiger partial charge in [0.1, 0.15) is 48.8 Å². The normalized spacial score (nSPS) is 53.7. The van der Waals surface area contributed by atoms with E-state index in [1.165, 1.54) is 0 Å². The highest BCUT2D eigenvalue weighted by atomic mass is 16.7. The fourth-order valence-corrected chi connectivity index (χ4v) is 4.79. The van der Waals surface area contributed by atoms with E-state index in [9.17, 15) is 35.7 Å². The molecule has 0 radical (unpaired) electrons. The molecule has 0 bridgehead atoms. The Hall–Kier alpha value is -0.520. The van der Waals surface area contributed by atoms with Gasteiger partial charge in [0.05, 0.1) is 18.8 Å². The summed E-state index contributed by atoms with van der Waals surface area (Å²) >= 11 is 0. The van der Waals surface area contributed by atoms with Crippen molar-refractivity contribution in [3.05, 3.63) is 0 Å². The van der Waals surface area contributed by atoms with E-state index >= 15 is 0 Å². The fraction of sp³-hybridized carbons (Fsp3) is 1.00. The molecule has 15 atom stereocenters. The Morgan fingerprint density at radius 2 is 1.33 bits per heavy atom. The summed E-state index contributed by atoms with van der Waals surface area (Å²) < 4.78 is 22.7. The summed E-state index contributed by atoms with van der Waals surface area (Å²) in [6.45, 7) is 2.76. The average Bonchev–Trinajstić information content (AvgIpc) is 2.79. The molecule has 2 saturated heterocycles. The van der Waals surface area contributed by atoms with Gasteiger partial charge in [0.25, 0.3) is 0 Å². The van der Waals surface area contributed by atoms with Crippen LogP contribution in [0.25, 0.3) is 0 Å². The standard InChI is InChI=1S/C20H38N2O11/c1-6-3-8(22)18(33-20-15(28)14(27)13(26)9(4-21)30-20)16(29)17(6)32-19-12(25)7(2)11(24)10(5-23)31-19/h6-20,23-29H,3-5,21-22H2,1-2H3. The van der Waals surface area contributed by atoms with Crippen LogP contribution in [0, 0.1) is 11.8 Å². The molecule has 0 amide bonds. The predicted molar refractivity (Wildman–Crippen MR) is 110 cm³/mol. The average molecular weight is 483 g/mol. The summed E-state index contributed by atoms with van der Waals surface area (Å²) in [7, 11) is 0. The van der Waals surface area contributed by atoms with E-state index in [1.54, 1.807) is 13.8 Å². The summed E-state index contributed by atoms with van der Waals surface area (Å²) in [5.74, 6) is -0.945. The maximum absolute atomic E-state index is 11.0. The SMILES string of the molecule is CC1CC(N)C(OC2OC(CN)C(O)C(O)C2O)C(O)C1OC1OC(CO)C(O)C(C)C1O. The molecule has 1 saturated carbocycles. The topological polar surface area (TPSA) is 231 Å². The molecule has 0 spiro atoms. The van der Waals surface area contributed by atoms with Crippen molar-refractivity contribution in [1.29, 1.82) is 0 Å². The smallest absolute Gasteiger partial charge is 0.187 e. The highest BCUT2D eigenvalue weighted by molar-refractivity contribution is 4.98. The molecular weight excluding hydrogens is 444 g/mol. The van der Waals surface area contributed by atoms with Gasteiger partial charge in [-0.3, -0.25) is 0 Å². The Morgan fingerprint density at radius 3 is 1.94 bits per heavy atom. The zero-order valence-corrected chi connectivity index (χ0v) is 18.7. The number of hydrogen-bond donors (Lipinski definition) is 9. The minimum atomic E-state index is -1.61. The Labute approximate surface area is 191 Å². The van der Waals surface area contributed by atoms with Crippen LogP contribution in [0.2, 0.25) is 0 Å². The third kappa shape index (κ3) is 5.35. The first kappa shape index (κ1) is 27.1. The van der Waals surface area contributed by atoms with Gasteiger partial charge in [0.2, 0.25) is 0 Å². The van der Waals surface area contributed by atoms with Crippen LogP contribution in [0.1, 0.15) is 20.3 Å². The van der Waals surface area contributed by atoms with Gasteiger partial charge in [-0.25, -0.2) is 0 Å². The molecule has 3 rings (SSSR count). The van der Waals surface area contributed by atoms with Crippen molar-refractivity contribution in [3.63, 3.8) is 0 Å². The minimum Gasteiger partial charge on any atom is -0.394 e. The molecule has 13 nitrogen and oxygen atoms in total. The van der Waals surface area contributed by atoms with E-state index in [0.717, 1.165) is 0 Å². The largest absolute Gasteiger partial charge is 0.394 e. The quantitative estimate of drug-likeness (QED) is 0.173. The number of aliphatic hydroxyl groups is 7. The van der Waals surface area contributed by atoms with E-state index in [0.29, 0.717) is 6.42 Å². The lowest BCUT2D eigenvalue weighted by Crippen LogP contribution is -2.65. The van der Waals surface area contributed by atoms with E-state index in [-0.39, 0.29) is 12.5 Å². The molecule has 11 N–H and O–H groups in total. The molecule has 1 aliphatic carbocycles. The van der Waals surface area contributed by atoms with Crippen molar-refractivity contribution in [2.45, 2.75) is 99.9 Å². The van der Waals surface area contributed by atoms with Crippen LogP contribution in [-0.4, -0.2) is 129 Å². The molecule has 0 aromatic carbocycles. The number of rotatable bonds is 6. The van der Waals surface area contributed by atoms with Crippen LogP contribution < -0.4 is 11.5 Å². The Balaban J connectivity index is 1.72. The molecule has 0 aromatic rings. The lowest BCUT2D eigenvalue weighted by atomic mass is 9.80. The van der Waals surface area contributed by atoms with Gasteiger partial charge in [-0.05, 0) is 12.3 Å². The molecule has 13 heteroatoms. The van der Waals surface area contributed by atoms with Gasteiger partial charge < -0.3 is 66.2 Å². The van der Waals surface area contributed by atoms with Crippen molar-refractivity contribution in [3.8, 4) is 0 Å². The second-order valence-electron chi connectivity index (χ2n) is 9.39. The molecule has 2 aliphatic heterocycles. The second-order valence-corrected chi connectivity index (χ2v) is 9.39. The van der Waals surface area contributed by atoms with Crippen molar-refractivity contribution in [1.82, 2.24) is 0 Å². The van der Waals surface area contributed by atoms with Crippen LogP contribution in [0.5, 0.6) is 0 Å². The summed E-state index contributed by atoms with van der Waals surface area (Å²) in [5.41, 5.74) is 11.7. The molecular formula is C20H38N2O11. The summed E-state index contributed by atoms with van der Waals surface area (Å²) in [4.78, 5) is 0. The van der Waals surface area contributed by atoms with E-state index < -0.39 is 92.2 Å². The van der Waals surface area contributed by atoms with Gasteiger partial charge >= 0.3 is 0 Å². The first-order valence-electron chi connectivity index (χ1n) is 11.3. The van der Waals surface area contributed by atoms with Crippen molar-refractivity contribution in [2.75, 3.05) is 13.2 Å². The lowest BCUT2D eigenvalue weighted by molar-refractivity contribution is -0.338. The second kappa shape index (κ2) is 11.0. The zero-order valence-electron chi connectivity index (χ0n) is 18.7. The first-order chi connectivity index (χ1) is 15.5. The number of ether oxygens (including phenoxy) is 4. The van der Waals surface area contributed by atoms with E-state index in [1.807, 2.05) is 0 Å². The summed E-state index contributed by atoms with van der Waals surface area (Å²) in [5, 5.41) is 71.5. The number of nitrogens with two attached hydrogens (primary N) is 2. The highest BCUT2D eigenvalue weighted by Gasteiger charge is 2.51. The molecule has 2 heterocycles. The fourth-order valence-electron chi connectivity index (χ4n) is 4.79. The maximum atomic E-state index is 11.0. The molecule has 3 fully saturated rings. The molecule has 3 aliphatic rings. The van der Waals surface area contributed by atoms with Gasteiger partial charge in [0, 0.05) is 18.5 Å². The molecule has 33 heavy (non-hydrogen) atoms. The first-order valence-corrected chi connectivity index (χ1v) is 11.3. The van der Waals surface area contributed by atoms with Crippen molar-refractivity contribution >= 4 is 0 Å². The van der Waals surface area contributed by atoms with Gasteiger partial charge in [0.15, 0.2) is 12.6 Å². The minimum absolute atomic E-state index is 0.139. The van der Waals surface area contributed by atoms with E-state index in [2.05, 4.69) is 0 Å². The molecule has 0 aromatic heterocycles. The van der Waals surface area contributed by atoms with Gasteiger partial charge in [-0.15, -0.1) is 0 Å². The van der Waals surface area contributed by atoms with Crippen LogP contribution in [0.15, 0.2) is 0 Å². The van der Waals surface area contributed by atoms with Crippen molar-refractivity contribution < 1.29 is 54.7 Å². The van der Waals surface area contributed by atoms with Crippen LogP contribution in [0.3, 0.4) is 0 Å². The number of aliphatic hydroxyl groups excluding tert-OH is 7. The summed E-state index contributed by atoms with van der Waals surface area (Å²) in [6, 6.07) is -0.686. The predicted octanol–water partition coefficient (Wildman–Crippen LogP) is -4.67. The monoisotopic (exact) mass is 482 g/mol. The number of hydrogen-bond acceptors (Lipinski definition) is 13. The van der Waals surface area contributed by atoms with Crippen LogP contribution >= 0.6 is 0 Å². The third-order valence-corrected chi connectivity index (χ3v) is 7.01. The lowest BCUT2D eigenvalue weighted by Gasteiger charge is -2.48. The van der Waals surface area contributed by atoms with Gasteiger partial charge in [-0.2, -0.15) is 0 Å². The third-order valence-electron chi connectivity index (χ3n) is 7.01. The maximum Gasteiger partial charge on any atom is 0.187 e. The van der Waals surface area contributed by atoms with Crippen LogP contribution in [0.4, 0.5) is 0 Å². The zero-order chi connectivity index (χ0) is 24.6. The molecule has 15 unspecified atom stereocenters. The Bertz CT molecular complexity index is 579.